The summed E-state index contributed by atoms with van der Waals surface area (Å²) in [7, 11) is 0. The first-order valence-electron chi connectivity index (χ1n) is 10.4. The zero-order valence-corrected chi connectivity index (χ0v) is 18.0. The fourth-order valence-electron chi connectivity index (χ4n) is 4.91. The highest BCUT2D eigenvalue weighted by molar-refractivity contribution is 5.92. The van der Waals surface area contributed by atoms with Crippen LogP contribution in [0.4, 0.5) is 4.79 Å². The molecule has 5 atom stereocenters. The molecule has 1 aromatic rings. The number of hydrogen-bond donors (Lipinski definition) is 2. The van der Waals surface area contributed by atoms with Gasteiger partial charge >= 0.3 is 18.0 Å². The van der Waals surface area contributed by atoms with Crippen LogP contribution in [0.2, 0.25) is 0 Å². The van der Waals surface area contributed by atoms with Crippen LogP contribution >= 0.6 is 0 Å². The highest BCUT2D eigenvalue weighted by Crippen LogP contribution is 2.61. The maximum Gasteiger partial charge on any atom is 0.409 e. The molecule has 0 radical (unpaired) electrons. The molecule has 8 heteroatoms. The predicted octanol–water partition coefficient (Wildman–Crippen LogP) is 3.26. The number of benzene rings is 1. The van der Waals surface area contributed by atoms with Crippen molar-refractivity contribution in [2.45, 2.75) is 58.3 Å². The molecule has 1 aromatic carbocycles. The number of carboxylic acids is 1. The summed E-state index contributed by atoms with van der Waals surface area (Å²) < 4.78 is 10.6. The lowest BCUT2D eigenvalue weighted by molar-refractivity contribution is -0.187. The van der Waals surface area contributed by atoms with Crippen LogP contribution in [-0.2, 0) is 25.7 Å². The number of aliphatic carboxylic acids is 1. The fourth-order valence-corrected chi connectivity index (χ4v) is 4.91. The summed E-state index contributed by atoms with van der Waals surface area (Å²) in [6, 6.07) is 10.3. The van der Waals surface area contributed by atoms with Gasteiger partial charge in [-0.05, 0) is 41.6 Å². The van der Waals surface area contributed by atoms with Crippen LogP contribution in [0.25, 0.3) is 0 Å². The van der Waals surface area contributed by atoms with Crippen LogP contribution < -0.4 is 5.32 Å². The molecule has 0 spiro atoms. The molecule has 4 rings (SSSR count). The van der Waals surface area contributed by atoms with Gasteiger partial charge in [0, 0.05) is 0 Å². The summed E-state index contributed by atoms with van der Waals surface area (Å²) in [5.74, 6) is -1.44. The van der Waals surface area contributed by atoms with E-state index in [1.54, 1.807) is 36.4 Å². The molecule has 0 heterocycles. The normalized spacial score (nSPS) is 27.5. The molecule has 3 aliphatic carbocycles. The number of nitrogens with zero attached hydrogens (tertiary/aromatic N) is 1. The number of rotatable bonds is 7. The van der Waals surface area contributed by atoms with Crippen molar-refractivity contribution in [3.05, 3.63) is 35.9 Å². The first kappa shape index (κ1) is 22.6. The smallest absolute Gasteiger partial charge is 0.409 e. The Hall–Kier alpha value is -3.08. The third-order valence-corrected chi connectivity index (χ3v) is 7.06. The van der Waals surface area contributed by atoms with E-state index < -0.39 is 30.0 Å². The van der Waals surface area contributed by atoms with Crippen molar-refractivity contribution in [2.24, 2.45) is 23.2 Å². The summed E-state index contributed by atoms with van der Waals surface area (Å²) in [6.07, 6.45) is -0.403. The van der Waals surface area contributed by atoms with Gasteiger partial charge in [-0.25, -0.2) is 9.59 Å². The monoisotopic (exact) mass is 428 g/mol. The van der Waals surface area contributed by atoms with E-state index in [9.17, 15) is 24.8 Å². The molecule has 5 unspecified atom stereocenters. The number of carboxylic acid groups (broad SMARTS) is 1. The van der Waals surface area contributed by atoms with Gasteiger partial charge in [0.2, 0.25) is 5.54 Å². The maximum absolute atomic E-state index is 12.6. The highest BCUT2D eigenvalue weighted by Gasteiger charge is 2.57. The number of ether oxygens (including phenoxy) is 2. The predicted molar refractivity (Wildman–Crippen MR) is 109 cm³/mol. The molecule has 3 fully saturated rings. The lowest BCUT2D eigenvalue weighted by atomic mass is 9.45. The van der Waals surface area contributed by atoms with E-state index in [-0.39, 0.29) is 24.0 Å². The van der Waals surface area contributed by atoms with E-state index in [1.807, 2.05) is 12.2 Å². The molecule has 166 valence electrons. The molecular formula is C23H28N2O6. The van der Waals surface area contributed by atoms with Gasteiger partial charge in [-0.3, -0.25) is 10.1 Å². The molecular weight excluding hydrogens is 400 g/mol. The van der Waals surface area contributed by atoms with Crippen LogP contribution in [0.15, 0.2) is 30.3 Å². The molecule has 31 heavy (non-hydrogen) atoms. The quantitative estimate of drug-likeness (QED) is 0.638. The lowest BCUT2D eigenvalue weighted by Gasteiger charge is -2.61. The standard InChI is InChI=1S/C23H28N2O6/c1-14-17-9-16(22(17,2)3)10-18(14)31-19(26)11-23(13-24,20(27)28)25-21(29)30-12-15-7-5-4-6-8-15/h4-8,14,16-18H,9-12H2,1-3H3,(H,25,29)(H,27,28). The van der Waals surface area contributed by atoms with Crippen molar-refractivity contribution in [3.8, 4) is 6.07 Å². The number of amides is 1. The van der Waals surface area contributed by atoms with Crippen molar-refractivity contribution >= 4 is 18.0 Å². The zero-order chi connectivity index (χ0) is 22.8. The molecule has 0 aliphatic heterocycles. The van der Waals surface area contributed by atoms with Crippen LogP contribution in [0, 0.1) is 34.5 Å². The van der Waals surface area contributed by atoms with E-state index in [0.717, 1.165) is 12.8 Å². The van der Waals surface area contributed by atoms with Crippen molar-refractivity contribution in [3.63, 3.8) is 0 Å². The third-order valence-electron chi connectivity index (χ3n) is 7.06. The lowest BCUT2D eigenvalue weighted by Crippen LogP contribution is -2.58. The number of nitriles is 1. The SMILES string of the molecule is CC1C(OC(=O)CC(C#N)(NC(=O)OCc2ccccc2)C(=O)O)CC2CC1C2(C)C. The minimum Gasteiger partial charge on any atom is -0.479 e. The van der Waals surface area contributed by atoms with Crippen molar-refractivity contribution in [2.75, 3.05) is 0 Å². The third kappa shape index (κ3) is 4.50. The summed E-state index contributed by atoms with van der Waals surface area (Å²) in [5.41, 5.74) is -1.56. The Morgan fingerprint density at radius 2 is 1.94 bits per heavy atom. The molecule has 0 saturated heterocycles. The number of carbonyl (C=O) groups is 3. The van der Waals surface area contributed by atoms with Gasteiger partial charge in [0.25, 0.3) is 0 Å². The van der Waals surface area contributed by atoms with E-state index in [0.29, 0.717) is 17.4 Å². The summed E-state index contributed by atoms with van der Waals surface area (Å²) >= 11 is 0. The molecule has 2 bridgehead atoms. The van der Waals surface area contributed by atoms with Crippen molar-refractivity contribution in [1.82, 2.24) is 5.32 Å². The Bertz CT molecular complexity index is 893. The van der Waals surface area contributed by atoms with Crippen LogP contribution in [0.5, 0.6) is 0 Å². The summed E-state index contributed by atoms with van der Waals surface area (Å²) in [4.78, 5) is 36.5. The molecule has 8 nitrogen and oxygen atoms in total. The molecule has 1 amide bonds. The van der Waals surface area contributed by atoms with E-state index in [1.165, 1.54) is 0 Å². The van der Waals surface area contributed by atoms with Crippen LogP contribution in [0.3, 0.4) is 0 Å². The second kappa shape index (κ2) is 8.58. The minimum absolute atomic E-state index is 0.101. The zero-order valence-electron chi connectivity index (χ0n) is 18.0. The van der Waals surface area contributed by atoms with Gasteiger partial charge in [-0.2, -0.15) is 5.26 Å². The second-order valence-corrected chi connectivity index (χ2v) is 9.17. The van der Waals surface area contributed by atoms with Gasteiger partial charge in [-0.15, -0.1) is 0 Å². The second-order valence-electron chi connectivity index (χ2n) is 9.17. The topological polar surface area (TPSA) is 126 Å². The van der Waals surface area contributed by atoms with E-state index in [4.69, 9.17) is 9.47 Å². The van der Waals surface area contributed by atoms with Gasteiger partial charge in [0.05, 0.1) is 6.42 Å². The Labute approximate surface area is 181 Å². The molecule has 3 aliphatic rings. The van der Waals surface area contributed by atoms with Crippen LogP contribution in [-0.4, -0.2) is 34.8 Å². The van der Waals surface area contributed by atoms with Gasteiger partial charge in [0.1, 0.15) is 18.8 Å². The highest BCUT2D eigenvalue weighted by atomic mass is 16.6. The Morgan fingerprint density at radius 3 is 2.48 bits per heavy atom. The van der Waals surface area contributed by atoms with E-state index in [2.05, 4.69) is 13.8 Å². The largest absolute Gasteiger partial charge is 0.479 e. The first-order valence-corrected chi connectivity index (χ1v) is 10.4. The summed E-state index contributed by atoms with van der Waals surface area (Å²) in [5, 5.41) is 21.1. The molecule has 3 saturated carbocycles. The van der Waals surface area contributed by atoms with Crippen molar-refractivity contribution in [1.29, 1.82) is 5.26 Å². The number of alkyl carbamates (subject to hydrolysis) is 1. The minimum atomic E-state index is -2.47. The average Bonchev–Trinajstić information content (AvgIpc) is 2.73. The van der Waals surface area contributed by atoms with Gasteiger partial charge in [0.15, 0.2) is 0 Å². The number of esters is 1. The van der Waals surface area contributed by atoms with Crippen molar-refractivity contribution < 1.29 is 29.0 Å². The fraction of sp³-hybridized carbons (Fsp3) is 0.565. The van der Waals surface area contributed by atoms with Gasteiger partial charge < -0.3 is 14.6 Å². The first-order chi connectivity index (χ1) is 14.6. The van der Waals surface area contributed by atoms with Gasteiger partial charge in [-0.1, -0.05) is 51.1 Å². The van der Waals surface area contributed by atoms with E-state index >= 15 is 0 Å². The Kier molecular flexibility index (Phi) is 6.25. The number of carbonyl (C=O) groups excluding carboxylic acids is 2. The molecule has 0 aromatic heterocycles. The Balaban J connectivity index is 1.60. The average molecular weight is 428 g/mol. The maximum atomic E-state index is 12.6. The number of hydrogen-bond acceptors (Lipinski definition) is 6. The number of nitrogens with one attached hydrogen (secondary N) is 1. The summed E-state index contributed by atoms with van der Waals surface area (Å²) in [6.45, 7) is 6.37. The molecule has 2 N–H and O–H groups in total. The number of fused-ring (bicyclic) bond motifs is 2. The van der Waals surface area contributed by atoms with Crippen LogP contribution in [0.1, 0.15) is 45.6 Å². The Morgan fingerprint density at radius 1 is 1.26 bits per heavy atom.